The SMILES string of the molecule is CC1(C)c2ccccc2-c2ccc(-n3c4ccccc4c4cc(N(c5ccccc5)c5ccc6c(c5)C5(c7ccccc7-c7ccccc75)c5ccccc5-6)ccc43)cc21. The number of hydrogen-bond donors (Lipinski definition) is 0. The van der Waals surface area contributed by atoms with Crippen LogP contribution in [0.2, 0.25) is 0 Å². The second-order valence-corrected chi connectivity index (χ2v) is 17.2. The van der Waals surface area contributed by atoms with Gasteiger partial charge in [0.2, 0.25) is 0 Å². The molecule has 2 heteroatoms. The van der Waals surface area contributed by atoms with Crippen molar-refractivity contribution in [3.63, 3.8) is 0 Å². The van der Waals surface area contributed by atoms with Crippen LogP contribution in [-0.2, 0) is 10.8 Å². The van der Waals surface area contributed by atoms with Crippen LogP contribution in [0.25, 0.3) is 60.9 Å². The molecule has 60 heavy (non-hydrogen) atoms. The lowest BCUT2D eigenvalue weighted by Gasteiger charge is -2.32. The van der Waals surface area contributed by atoms with E-state index >= 15 is 0 Å². The van der Waals surface area contributed by atoms with Crippen molar-refractivity contribution in [3.8, 4) is 39.1 Å². The standard InChI is InChI=1S/C58H40N2/c1-57(2)49-23-11-6-18-41(49)45-31-29-40(35-53(45)57)60-55-27-15-10-22-47(55)48-34-38(30-33-56(48)60)59(37-16-4-3-5-17-37)39-28-32-46-44-21-9-14-26-52(44)58(54(46)36-39)50-24-12-7-19-42(50)43-20-8-13-25-51(43)58/h3-36H,1-2H3. The minimum atomic E-state index is -0.416. The molecule has 3 aliphatic rings. The lowest BCUT2D eigenvalue weighted by atomic mass is 9.70. The predicted octanol–water partition coefficient (Wildman–Crippen LogP) is 14.9. The highest BCUT2D eigenvalue weighted by Gasteiger charge is 2.51. The first-order valence-corrected chi connectivity index (χ1v) is 21.1. The monoisotopic (exact) mass is 764 g/mol. The second kappa shape index (κ2) is 12.1. The number of benzene rings is 9. The molecule has 0 unspecified atom stereocenters. The topological polar surface area (TPSA) is 8.17 Å². The quantitative estimate of drug-likeness (QED) is 0.173. The Balaban J connectivity index is 1.02. The van der Waals surface area contributed by atoms with Gasteiger partial charge in [0.25, 0.3) is 0 Å². The highest BCUT2D eigenvalue weighted by Crippen LogP contribution is 2.63. The Morgan fingerprint density at radius 2 is 0.817 bits per heavy atom. The molecule has 13 rings (SSSR count). The zero-order valence-electron chi connectivity index (χ0n) is 33.5. The van der Waals surface area contributed by atoms with Crippen LogP contribution in [0.3, 0.4) is 0 Å². The summed E-state index contributed by atoms with van der Waals surface area (Å²) in [4.78, 5) is 2.45. The molecule has 0 amide bonds. The van der Waals surface area contributed by atoms with Gasteiger partial charge in [0, 0.05) is 38.9 Å². The number of hydrogen-bond acceptors (Lipinski definition) is 1. The van der Waals surface area contributed by atoms with Gasteiger partial charge in [-0.1, -0.05) is 159 Å². The van der Waals surface area contributed by atoms with Gasteiger partial charge < -0.3 is 9.47 Å². The average Bonchev–Trinajstić information content (AvgIpc) is 3.97. The third-order valence-electron chi connectivity index (χ3n) is 14.0. The molecule has 9 aromatic carbocycles. The van der Waals surface area contributed by atoms with E-state index in [0.717, 1.165) is 17.1 Å². The van der Waals surface area contributed by atoms with Crippen molar-refractivity contribution in [3.05, 3.63) is 240 Å². The van der Waals surface area contributed by atoms with E-state index in [1.165, 1.54) is 94.3 Å². The Morgan fingerprint density at radius 1 is 0.333 bits per heavy atom. The summed E-state index contributed by atoms with van der Waals surface area (Å²) in [7, 11) is 0. The lowest BCUT2D eigenvalue weighted by Crippen LogP contribution is -2.26. The molecule has 0 atom stereocenters. The van der Waals surface area contributed by atoms with Gasteiger partial charge >= 0.3 is 0 Å². The van der Waals surface area contributed by atoms with Crippen molar-refractivity contribution in [2.75, 3.05) is 4.90 Å². The van der Waals surface area contributed by atoms with Crippen molar-refractivity contribution in [1.82, 2.24) is 4.57 Å². The highest BCUT2D eigenvalue weighted by atomic mass is 15.1. The lowest BCUT2D eigenvalue weighted by molar-refractivity contribution is 0.660. The molecule has 10 aromatic rings. The Morgan fingerprint density at radius 3 is 1.50 bits per heavy atom. The van der Waals surface area contributed by atoms with Gasteiger partial charge in [-0.2, -0.15) is 0 Å². The summed E-state index contributed by atoms with van der Waals surface area (Å²) in [5.41, 5.74) is 22.6. The van der Waals surface area contributed by atoms with E-state index in [1.807, 2.05) is 0 Å². The molecule has 0 N–H and O–H groups in total. The fourth-order valence-electron chi connectivity index (χ4n) is 11.5. The molecular formula is C58H40N2. The molecule has 0 radical (unpaired) electrons. The molecule has 3 aliphatic carbocycles. The van der Waals surface area contributed by atoms with Crippen LogP contribution in [0, 0.1) is 0 Å². The summed E-state index contributed by atoms with van der Waals surface area (Å²) in [5.74, 6) is 0. The van der Waals surface area contributed by atoms with Crippen molar-refractivity contribution in [1.29, 1.82) is 0 Å². The molecule has 1 aromatic heterocycles. The Hall–Kier alpha value is -7.42. The van der Waals surface area contributed by atoms with Gasteiger partial charge in [-0.25, -0.2) is 0 Å². The third-order valence-corrected chi connectivity index (χ3v) is 14.0. The van der Waals surface area contributed by atoms with Crippen LogP contribution in [0.5, 0.6) is 0 Å². The molecule has 282 valence electrons. The molecule has 0 aliphatic heterocycles. The second-order valence-electron chi connectivity index (χ2n) is 17.2. The fourth-order valence-corrected chi connectivity index (χ4v) is 11.5. The summed E-state index contributed by atoms with van der Waals surface area (Å²) in [6, 6.07) is 77.1. The van der Waals surface area contributed by atoms with Gasteiger partial charge in [0.1, 0.15) is 0 Å². The van der Waals surface area contributed by atoms with E-state index in [4.69, 9.17) is 0 Å². The molecule has 0 fully saturated rings. The summed E-state index contributed by atoms with van der Waals surface area (Å²) < 4.78 is 2.46. The first-order valence-electron chi connectivity index (χ1n) is 21.1. The van der Waals surface area contributed by atoms with Crippen molar-refractivity contribution >= 4 is 38.9 Å². The molecule has 2 nitrogen and oxygen atoms in total. The van der Waals surface area contributed by atoms with E-state index in [2.05, 4.69) is 230 Å². The van der Waals surface area contributed by atoms with Crippen LogP contribution < -0.4 is 4.90 Å². The van der Waals surface area contributed by atoms with Crippen LogP contribution in [0.1, 0.15) is 47.2 Å². The van der Waals surface area contributed by atoms with Gasteiger partial charge in [-0.3, -0.25) is 0 Å². The molecule has 0 bridgehead atoms. The van der Waals surface area contributed by atoms with Gasteiger partial charge in [-0.15, -0.1) is 0 Å². The van der Waals surface area contributed by atoms with Gasteiger partial charge in [0.05, 0.1) is 16.4 Å². The number of aromatic nitrogens is 1. The summed E-state index contributed by atoms with van der Waals surface area (Å²) in [6.45, 7) is 4.73. The first kappa shape index (κ1) is 33.5. The van der Waals surface area contributed by atoms with E-state index < -0.39 is 5.41 Å². The van der Waals surface area contributed by atoms with Crippen molar-refractivity contribution in [2.45, 2.75) is 24.7 Å². The molecule has 0 saturated carbocycles. The first-order chi connectivity index (χ1) is 29.5. The van der Waals surface area contributed by atoms with E-state index in [1.54, 1.807) is 0 Å². The largest absolute Gasteiger partial charge is 0.310 e. The van der Waals surface area contributed by atoms with Crippen molar-refractivity contribution < 1.29 is 0 Å². The maximum Gasteiger partial charge on any atom is 0.0726 e. The molecule has 1 spiro atoms. The van der Waals surface area contributed by atoms with Crippen LogP contribution >= 0.6 is 0 Å². The highest BCUT2D eigenvalue weighted by molar-refractivity contribution is 6.11. The summed E-state index contributed by atoms with van der Waals surface area (Å²) >= 11 is 0. The third kappa shape index (κ3) is 4.27. The van der Waals surface area contributed by atoms with E-state index in [9.17, 15) is 0 Å². The molecular weight excluding hydrogens is 725 g/mol. The normalized spacial score (nSPS) is 14.4. The number of rotatable bonds is 4. The zero-order valence-corrected chi connectivity index (χ0v) is 33.5. The maximum atomic E-state index is 2.49. The summed E-state index contributed by atoms with van der Waals surface area (Å²) in [5, 5.41) is 2.48. The smallest absolute Gasteiger partial charge is 0.0726 e. The van der Waals surface area contributed by atoms with Crippen LogP contribution in [0.4, 0.5) is 17.1 Å². The molecule has 0 saturated heterocycles. The fraction of sp³-hybridized carbons (Fsp3) is 0.0690. The van der Waals surface area contributed by atoms with Crippen LogP contribution in [0.15, 0.2) is 206 Å². The van der Waals surface area contributed by atoms with Crippen LogP contribution in [-0.4, -0.2) is 4.57 Å². The van der Waals surface area contributed by atoms with E-state index in [-0.39, 0.29) is 5.41 Å². The number of nitrogens with zero attached hydrogens (tertiary/aromatic N) is 2. The zero-order chi connectivity index (χ0) is 39.7. The minimum Gasteiger partial charge on any atom is -0.310 e. The minimum absolute atomic E-state index is 0.0808. The van der Waals surface area contributed by atoms with E-state index in [0.29, 0.717) is 0 Å². The maximum absolute atomic E-state index is 2.49. The summed E-state index contributed by atoms with van der Waals surface area (Å²) in [6.07, 6.45) is 0. The number of anilines is 3. The number of fused-ring (bicyclic) bond motifs is 16. The molecule has 1 heterocycles. The van der Waals surface area contributed by atoms with Gasteiger partial charge in [-0.05, 0) is 127 Å². The Kier molecular flexibility index (Phi) is 6.74. The number of para-hydroxylation sites is 2. The Labute approximate surface area is 350 Å². The average molecular weight is 765 g/mol. The predicted molar refractivity (Wildman–Crippen MR) is 249 cm³/mol. The van der Waals surface area contributed by atoms with Gasteiger partial charge in [0.15, 0.2) is 0 Å². The van der Waals surface area contributed by atoms with Crippen molar-refractivity contribution in [2.24, 2.45) is 0 Å². The Bertz CT molecular complexity index is 3360.